The summed E-state index contributed by atoms with van der Waals surface area (Å²) in [7, 11) is 0. The predicted molar refractivity (Wildman–Crippen MR) is 167 cm³/mol. The summed E-state index contributed by atoms with van der Waals surface area (Å²) in [5.41, 5.74) is -0.00707. The molecule has 3 aromatic rings. The van der Waals surface area contributed by atoms with Gasteiger partial charge in [-0.2, -0.15) is 0 Å². The molecular formula is C31H39FN6O10. The lowest BCUT2D eigenvalue weighted by Crippen LogP contribution is -2.46. The van der Waals surface area contributed by atoms with Crippen LogP contribution in [0.15, 0.2) is 46.1 Å². The van der Waals surface area contributed by atoms with Crippen LogP contribution < -0.4 is 16.6 Å². The third-order valence-electron chi connectivity index (χ3n) is 7.77. The smallest absolute Gasteiger partial charge is 0.335 e. The summed E-state index contributed by atoms with van der Waals surface area (Å²) >= 11 is 0. The molecule has 1 aromatic carbocycles. The molecular weight excluding hydrogens is 635 g/mol. The molecule has 0 aliphatic rings. The van der Waals surface area contributed by atoms with E-state index >= 15 is 0 Å². The predicted octanol–water partition coefficient (Wildman–Crippen LogP) is 1.52. The first-order valence-corrected chi connectivity index (χ1v) is 15.4. The van der Waals surface area contributed by atoms with E-state index < -0.39 is 66.6 Å². The van der Waals surface area contributed by atoms with Gasteiger partial charge in [0.05, 0.1) is 30.3 Å². The van der Waals surface area contributed by atoms with E-state index in [1.165, 1.54) is 0 Å². The van der Waals surface area contributed by atoms with Gasteiger partial charge in [0.25, 0.3) is 5.56 Å². The van der Waals surface area contributed by atoms with Crippen molar-refractivity contribution in [2.75, 3.05) is 19.8 Å². The zero-order chi connectivity index (χ0) is 35.2. The molecule has 3 rings (SSSR count). The molecule has 0 amide bonds. The highest BCUT2D eigenvalue weighted by Crippen LogP contribution is 2.20. The number of rotatable bonds is 22. The van der Waals surface area contributed by atoms with E-state index in [1.54, 1.807) is 10.9 Å². The summed E-state index contributed by atoms with van der Waals surface area (Å²) in [5.74, 6) is -5.83. The first-order chi connectivity index (χ1) is 23.0. The Morgan fingerprint density at radius 1 is 0.917 bits per heavy atom. The maximum Gasteiger partial charge on any atom is 0.335 e. The van der Waals surface area contributed by atoms with Gasteiger partial charge in [-0.25, -0.2) is 28.2 Å². The van der Waals surface area contributed by atoms with Crippen molar-refractivity contribution in [1.29, 1.82) is 0 Å². The Balaban J connectivity index is 1.51. The minimum atomic E-state index is -1.85. The van der Waals surface area contributed by atoms with Crippen LogP contribution in [0.3, 0.4) is 0 Å². The molecule has 3 unspecified atom stereocenters. The molecule has 48 heavy (non-hydrogen) atoms. The van der Waals surface area contributed by atoms with Crippen molar-refractivity contribution in [2.24, 2.45) is 5.92 Å². The van der Waals surface area contributed by atoms with Gasteiger partial charge >= 0.3 is 23.6 Å². The summed E-state index contributed by atoms with van der Waals surface area (Å²) in [6.45, 7) is 0.364. The number of benzene rings is 1. The first kappa shape index (κ1) is 37.3. The maximum atomic E-state index is 13.1. The second-order valence-corrected chi connectivity index (χ2v) is 11.3. The van der Waals surface area contributed by atoms with Gasteiger partial charge in [0, 0.05) is 18.9 Å². The summed E-state index contributed by atoms with van der Waals surface area (Å²) < 4.78 is 14.7. The van der Waals surface area contributed by atoms with Crippen molar-refractivity contribution < 1.29 is 44.0 Å². The van der Waals surface area contributed by atoms with Gasteiger partial charge < -0.3 is 30.5 Å². The van der Waals surface area contributed by atoms with E-state index in [4.69, 9.17) is 5.11 Å². The number of carbonyl (C=O) groups is 4. The molecule has 5 N–H and O–H groups in total. The quantitative estimate of drug-likeness (QED) is 0.0752. The lowest BCUT2D eigenvalue weighted by Gasteiger charge is -2.21. The van der Waals surface area contributed by atoms with E-state index in [-0.39, 0.29) is 18.8 Å². The highest BCUT2D eigenvalue weighted by Gasteiger charge is 2.30. The van der Waals surface area contributed by atoms with Crippen LogP contribution >= 0.6 is 0 Å². The molecule has 3 atom stereocenters. The van der Waals surface area contributed by atoms with Gasteiger partial charge in [0.15, 0.2) is 0 Å². The third-order valence-corrected chi connectivity index (χ3v) is 7.77. The normalized spacial score (nSPS) is 13.1. The van der Waals surface area contributed by atoms with Crippen LogP contribution in [0.2, 0.25) is 0 Å². The molecule has 0 bridgehead atoms. The number of aliphatic carboxylic acids is 3. The number of carboxylic acids is 3. The van der Waals surface area contributed by atoms with Gasteiger partial charge in [-0.3, -0.25) is 14.0 Å². The molecule has 2 heterocycles. The SMILES string of the molecule is O=CC(CCc1ccc(-n2cc(CCCF)nn2)cc1)CNCCCCC(C(=O)O)n1c(=O)cc(O)n(C(CCC(=O)O)C(=O)O)c1=O. The standard InChI is InChI=1S/C31H39FN6O10/c32-14-3-4-22-18-36(35-34-22)23-10-8-20(9-11-23)6-7-21(19-39)17-33-15-2-1-5-24(29(44)45)37-26(40)16-27(41)38(31(37)48)25(30(46)47)12-13-28(42)43/h8-11,16,18-19,21,24-25,33,41H,1-7,12-15,17H2,(H,42,43)(H,44,45)(H,46,47). The van der Waals surface area contributed by atoms with E-state index in [0.29, 0.717) is 66.1 Å². The Labute approximate surface area is 273 Å². The van der Waals surface area contributed by atoms with Gasteiger partial charge in [-0.1, -0.05) is 17.3 Å². The number of carboxylic acid groups (broad SMARTS) is 3. The number of aldehydes is 1. The Kier molecular flexibility index (Phi) is 14.2. The fraction of sp³-hybridized carbons (Fsp3) is 0.484. The number of unbranched alkanes of at least 4 members (excludes halogenated alkanes) is 1. The Bertz CT molecular complexity index is 1670. The highest BCUT2D eigenvalue weighted by atomic mass is 19.1. The van der Waals surface area contributed by atoms with Crippen LogP contribution in [-0.4, -0.2) is 88.5 Å². The van der Waals surface area contributed by atoms with Crippen LogP contribution in [0.4, 0.5) is 4.39 Å². The number of aromatic nitrogens is 5. The molecule has 16 nitrogen and oxygen atoms in total. The van der Waals surface area contributed by atoms with Crippen LogP contribution in [0.25, 0.3) is 5.69 Å². The van der Waals surface area contributed by atoms with Crippen molar-refractivity contribution in [3.63, 3.8) is 0 Å². The summed E-state index contributed by atoms with van der Waals surface area (Å²) in [6, 6.07) is 4.62. The fourth-order valence-corrected chi connectivity index (χ4v) is 5.17. The second kappa shape index (κ2) is 18.2. The van der Waals surface area contributed by atoms with Crippen LogP contribution in [0, 0.1) is 5.92 Å². The minimum Gasteiger partial charge on any atom is -0.494 e. The average molecular weight is 675 g/mol. The van der Waals surface area contributed by atoms with Crippen molar-refractivity contribution in [3.8, 4) is 11.6 Å². The van der Waals surface area contributed by atoms with Crippen LogP contribution in [-0.2, 0) is 32.0 Å². The molecule has 0 aliphatic heterocycles. The number of halogens is 1. The number of aromatic hydroxyl groups is 1. The van der Waals surface area contributed by atoms with E-state index in [1.807, 2.05) is 24.3 Å². The summed E-state index contributed by atoms with van der Waals surface area (Å²) in [5, 5.41) is 49.7. The van der Waals surface area contributed by atoms with Gasteiger partial charge in [0.2, 0.25) is 5.88 Å². The van der Waals surface area contributed by atoms with Crippen molar-refractivity contribution in [2.45, 2.75) is 69.9 Å². The fourth-order valence-electron chi connectivity index (χ4n) is 5.17. The maximum absolute atomic E-state index is 13.1. The lowest BCUT2D eigenvalue weighted by atomic mass is 10.0. The molecule has 0 fully saturated rings. The second-order valence-electron chi connectivity index (χ2n) is 11.3. The Morgan fingerprint density at radius 3 is 2.23 bits per heavy atom. The van der Waals surface area contributed by atoms with Gasteiger partial charge in [-0.15, -0.1) is 5.10 Å². The molecule has 0 saturated heterocycles. The number of hydrogen-bond donors (Lipinski definition) is 5. The van der Waals surface area contributed by atoms with Crippen molar-refractivity contribution in [3.05, 3.63) is 68.6 Å². The number of carbonyl (C=O) groups excluding carboxylic acids is 1. The average Bonchev–Trinajstić information content (AvgIpc) is 3.52. The third kappa shape index (κ3) is 10.4. The topological polar surface area (TPSA) is 236 Å². The first-order valence-electron chi connectivity index (χ1n) is 15.4. The largest absolute Gasteiger partial charge is 0.494 e. The Hall–Kier alpha value is -5.19. The number of aryl methyl sites for hydroxylation is 2. The molecule has 0 aliphatic carbocycles. The molecule has 260 valence electrons. The van der Waals surface area contributed by atoms with E-state index in [9.17, 15) is 48.5 Å². The monoisotopic (exact) mass is 674 g/mol. The van der Waals surface area contributed by atoms with Crippen molar-refractivity contribution in [1.82, 2.24) is 29.4 Å². The van der Waals surface area contributed by atoms with Crippen LogP contribution in [0.5, 0.6) is 5.88 Å². The molecule has 2 aromatic heterocycles. The number of nitrogens with one attached hydrogen (secondary N) is 1. The molecule has 0 radical (unpaired) electrons. The zero-order valence-electron chi connectivity index (χ0n) is 26.1. The van der Waals surface area contributed by atoms with Gasteiger partial charge in [-0.05, 0) is 75.6 Å². The Morgan fingerprint density at radius 2 is 1.60 bits per heavy atom. The molecule has 17 heteroatoms. The zero-order valence-corrected chi connectivity index (χ0v) is 26.1. The number of alkyl halides is 1. The van der Waals surface area contributed by atoms with E-state index in [0.717, 1.165) is 17.5 Å². The van der Waals surface area contributed by atoms with E-state index in [2.05, 4.69) is 15.6 Å². The highest BCUT2D eigenvalue weighted by molar-refractivity contribution is 5.74. The lowest BCUT2D eigenvalue weighted by molar-refractivity contribution is -0.142. The molecule has 0 spiro atoms. The number of nitrogens with zero attached hydrogens (tertiary/aromatic N) is 5. The van der Waals surface area contributed by atoms with Crippen molar-refractivity contribution >= 4 is 24.2 Å². The van der Waals surface area contributed by atoms with Gasteiger partial charge in [0.1, 0.15) is 18.4 Å². The number of hydrogen-bond acceptors (Lipinski definition) is 10. The molecule has 0 saturated carbocycles. The van der Waals surface area contributed by atoms with Crippen LogP contribution in [0.1, 0.15) is 68.3 Å². The summed E-state index contributed by atoms with van der Waals surface area (Å²) in [6.07, 6.45) is 3.96. The minimum absolute atomic E-state index is 0.176. The summed E-state index contributed by atoms with van der Waals surface area (Å²) in [4.78, 5) is 72.1.